The molecule has 190 valence electrons. The molecule has 0 saturated carbocycles. The monoisotopic (exact) mass is 509 g/mol. The van der Waals surface area contributed by atoms with Crippen LogP contribution in [0.25, 0.3) is 0 Å². The highest BCUT2D eigenvalue weighted by molar-refractivity contribution is 7.09. The van der Waals surface area contributed by atoms with Crippen LogP contribution in [0.1, 0.15) is 47.4 Å². The lowest BCUT2D eigenvalue weighted by Crippen LogP contribution is -2.38. The molecule has 1 aliphatic rings. The zero-order valence-electron chi connectivity index (χ0n) is 21.2. The van der Waals surface area contributed by atoms with Crippen molar-refractivity contribution in [1.29, 1.82) is 0 Å². The van der Waals surface area contributed by atoms with E-state index in [0.29, 0.717) is 40.9 Å². The first kappa shape index (κ1) is 25.5. The van der Waals surface area contributed by atoms with Crippen LogP contribution in [-0.4, -0.2) is 44.2 Å². The number of hydrogen-bond acceptors (Lipinski definition) is 7. The van der Waals surface area contributed by atoms with Gasteiger partial charge in [0.1, 0.15) is 16.5 Å². The van der Waals surface area contributed by atoms with Gasteiger partial charge in [0.2, 0.25) is 0 Å². The Balaban J connectivity index is 1.40. The van der Waals surface area contributed by atoms with Crippen molar-refractivity contribution in [3.63, 3.8) is 0 Å². The van der Waals surface area contributed by atoms with Crippen molar-refractivity contribution in [2.45, 2.75) is 39.2 Å². The molecule has 1 N–H and O–H groups in total. The van der Waals surface area contributed by atoms with E-state index >= 15 is 0 Å². The fraction of sp³-hybridized carbons (Fsp3) is 0.370. The number of fused-ring (bicyclic) bond motifs is 1. The summed E-state index contributed by atoms with van der Waals surface area (Å²) in [6.07, 6.45) is 0.637. The molecule has 3 aromatic rings. The quantitative estimate of drug-likeness (QED) is 0.485. The van der Waals surface area contributed by atoms with Gasteiger partial charge in [-0.15, -0.1) is 11.3 Å². The van der Waals surface area contributed by atoms with Gasteiger partial charge in [-0.3, -0.25) is 14.5 Å². The van der Waals surface area contributed by atoms with Gasteiger partial charge in [0, 0.05) is 11.9 Å². The van der Waals surface area contributed by atoms with Crippen molar-refractivity contribution in [2.75, 3.05) is 32.3 Å². The van der Waals surface area contributed by atoms with Crippen LogP contribution in [0.4, 0.5) is 5.69 Å². The topological polar surface area (TPSA) is 90.0 Å². The van der Waals surface area contributed by atoms with Crippen molar-refractivity contribution < 1.29 is 23.8 Å². The maximum atomic E-state index is 12.7. The molecule has 0 bridgehead atoms. The number of anilines is 1. The Labute approximate surface area is 215 Å². The molecule has 0 radical (unpaired) electrons. The number of thiazole rings is 1. The number of carbonyl (C=O) groups is 2. The summed E-state index contributed by atoms with van der Waals surface area (Å²) < 4.78 is 16.2. The molecule has 2 amide bonds. The van der Waals surface area contributed by atoms with Crippen LogP contribution in [0, 0.1) is 0 Å². The van der Waals surface area contributed by atoms with Gasteiger partial charge in [-0.05, 0) is 47.2 Å². The molecule has 2 aromatic carbocycles. The standard InChI is InChI=1S/C27H31N3O5S/c1-27(2,3)18-7-9-21-20(13-18)30(25(31)15-35-21)14-24-29-19(16-36-24)26(32)28-11-10-17-6-8-22(33-4)23(12-17)34-5/h6-9,12-13,16H,10-11,14-15H2,1-5H3,(H,28,32). The average Bonchev–Trinajstić information content (AvgIpc) is 3.33. The largest absolute Gasteiger partial charge is 0.493 e. The molecule has 8 nitrogen and oxygen atoms in total. The van der Waals surface area contributed by atoms with Crippen LogP contribution < -0.4 is 24.4 Å². The lowest BCUT2D eigenvalue weighted by atomic mass is 9.86. The second kappa shape index (κ2) is 10.6. The van der Waals surface area contributed by atoms with Crippen LogP contribution in [-0.2, 0) is 23.2 Å². The number of amides is 2. The summed E-state index contributed by atoms with van der Waals surface area (Å²) >= 11 is 1.36. The van der Waals surface area contributed by atoms with Crippen LogP contribution >= 0.6 is 11.3 Å². The maximum absolute atomic E-state index is 12.7. The molecular weight excluding hydrogens is 478 g/mol. The van der Waals surface area contributed by atoms with Gasteiger partial charge in [0.05, 0.1) is 26.5 Å². The van der Waals surface area contributed by atoms with Crippen molar-refractivity contribution in [2.24, 2.45) is 0 Å². The highest BCUT2D eigenvalue weighted by atomic mass is 32.1. The summed E-state index contributed by atoms with van der Waals surface area (Å²) in [4.78, 5) is 31.6. The van der Waals surface area contributed by atoms with E-state index in [1.54, 1.807) is 24.5 Å². The van der Waals surface area contributed by atoms with E-state index in [2.05, 4.69) is 31.1 Å². The molecule has 4 rings (SSSR count). The number of carbonyl (C=O) groups excluding carboxylic acids is 2. The first-order valence-electron chi connectivity index (χ1n) is 11.7. The number of rotatable bonds is 8. The molecule has 0 unspecified atom stereocenters. The summed E-state index contributed by atoms with van der Waals surface area (Å²) in [6.45, 7) is 7.10. The Bertz CT molecular complexity index is 1260. The molecule has 36 heavy (non-hydrogen) atoms. The number of nitrogens with one attached hydrogen (secondary N) is 1. The van der Waals surface area contributed by atoms with E-state index in [9.17, 15) is 9.59 Å². The first-order chi connectivity index (χ1) is 17.2. The van der Waals surface area contributed by atoms with Crippen molar-refractivity contribution in [3.05, 3.63) is 63.6 Å². The smallest absolute Gasteiger partial charge is 0.270 e. The van der Waals surface area contributed by atoms with Gasteiger partial charge in [-0.1, -0.05) is 32.9 Å². The van der Waals surface area contributed by atoms with E-state index in [1.165, 1.54) is 11.3 Å². The predicted molar refractivity (Wildman–Crippen MR) is 140 cm³/mol. The number of hydrogen-bond donors (Lipinski definition) is 1. The highest BCUT2D eigenvalue weighted by Crippen LogP contribution is 2.37. The molecule has 0 atom stereocenters. The Kier molecular flexibility index (Phi) is 7.49. The molecule has 0 fully saturated rings. The summed E-state index contributed by atoms with van der Waals surface area (Å²) in [5.74, 6) is 1.61. The molecule has 1 aliphatic heterocycles. The van der Waals surface area contributed by atoms with Crippen LogP contribution in [0.15, 0.2) is 41.8 Å². The second-order valence-corrected chi connectivity index (χ2v) is 10.5. The first-order valence-corrected chi connectivity index (χ1v) is 12.6. The minimum atomic E-state index is -0.248. The predicted octanol–water partition coefficient (Wildman–Crippen LogP) is 4.36. The fourth-order valence-electron chi connectivity index (χ4n) is 3.91. The molecule has 2 heterocycles. The Morgan fingerprint density at radius 2 is 1.92 bits per heavy atom. The Morgan fingerprint density at radius 3 is 2.64 bits per heavy atom. The number of nitrogens with zero attached hydrogens (tertiary/aromatic N) is 2. The van der Waals surface area contributed by atoms with Gasteiger partial charge in [-0.25, -0.2) is 4.98 Å². The highest BCUT2D eigenvalue weighted by Gasteiger charge is 2.28. The summed E-state index contributed by atoms with van der Waals surface area (Å²) in [6, 6.07) is 11.6. The van der Waals surface area contributed by atoms with Gasteiger partial charge in [0.25, 0.3) is 11.8 Å². The van der Waals surface area contributed by atoms with Gasteiger partial charge in [0.15, 0.2) is 18.1 Å². The summed E-state index contributed by atoms with van der Waals surface area (Å²) in [7, 11) is 3.19. The van der Waals surface area contributed by atoms with Crippen LogP contribution in [0.5, 0.6) is 17.2 Å². The van der Waals surface area contributed by atoms with E-state index in [4.69, 9.17) is 14.2 Å². The third-order valence-corrected chi connectivity index (χ3v) is 6.83. The van der Waals surface area contributed by atoms with Crippen molar-refractivity contribution in [1.82, 2.24) is 10.3 Å². The molecule has 1 aromatic heterocycles. The summed E-state index contributed by atoms with van der Waals surface area (Å²) in [5, 5.41) is 5.32. The third-order valence-electron chi connectivity index (χ3n) is 5.99. The lowest BCUT2D eigenvalue weighted by Gasteiger charge is -2.30. The van der Waals surface area contributed by atoms with Crippen LogP contribution in [0.2, 0.25) is 0 Å². The average molecular weight is 510 g/mol. The number of aromatic nitrogens is 1. The molecule has 9 heteroatoms. The van der Waals surface area contributed by atoms with E-state index in [1.807, 2.05) is 36.4 Å². The SMILES string of the molecule is COc1ccc(CCNC(=O)c2csc(CN3C(=O)COc4ccc(C(C)(C)C)cc43)n2)cc1OC. The molecule has 0 saturated heterocycles. The van der Waals surface area contributed by atoms with Gasteiger partial charge < -0.3 is 19.5 Å². The summed E-state index contributed by atoms with van der Waals surface area (Å²) in [5.41, 5.74) is 3.13. The van der Waals surface area contributed by atoms with E-state index in [0.717, 1.165) is 16.8 Å². The van der Waals surface area contributed by atoms with E-state index < -0.39 is 0 Å². The van der Waals surface area contributed by atoms with Crippen LogP contribution in [0.3, 0.4) is 0 Å². The zero-order chi connectivity index (χ0) is 25.9. The minimum Gasteiger partial charge on any atom is -0.493 e. The van der Waals surface area contributed by atoms with Crippen molar-refractivity contribution >= 4 is 28.8 Å². The molecular formula is C27H31N3O5S. The third kappa shape index (κ3) is 5.62. The zero-order valence-corrected chi connectivity index (χ0v) is 22.0. The number of benzene rings is 2. The molecule has 0 spiro atoms. The Hall–Kier alpha value is -3.59. The number of ether oxygens (including phenoxy) is 3. The number of methoxy groups -OCH3 is 2. The van der Waals surface area contributed by atoms with Gasteiger partial charge >= 0.3 is 0 Å². The minimum absolute atomic E-state index is 0.0171. The second-order valence-electron chi connectivity index (χ2n) is 9.52. The Morgan fingerprint density at radius 1 is 1.14 bits per heavy atom. The fourth-order valence-corrected chi connectivity index (χ4v) is 4.67. The molecule has 0 aliphatic carbocycles. The maximum Gasteiger partial charge on any atom is 0.270 e. The lowest BCUT2D eigenvalue weighted by molar-refractivity contribution is -0.121. The van der Waals surface area contributed by atoms with Gasteiger partial charge in [-0.2, -0.15) is 0 Å². The van der Waals surface area contributed by atoms with Crippen molar-refractivity contribution in [3.8, 4) is 17.2 Å². The normalized spacial score (nSPS) is 13.1. The van der Waals surface area contributed by atoms with E-state index in [-0.39, 0.29) is 30.4 Å².